The minimum atomic E-state index is -0.204. The summed E-state index contributed by atoms with van der Waals surface area (Å²) in [6.45, 7) is 8.78. The van der Waals surface area contributed by atoms with Crippen LogP contribution in [0.25, 0.3) is 0 Å². The number of rotatable bonds is 4. The summed E-state index contributed by atoms with van der Waals surface area (Å²) in [7, 11) is 0. The molecule has 1 saturated carbocycles. The first-order valence-electron chi connectivity index (χ1n) is 8.54. The van der Waals surface area contributed by atoms with Crippen LogP contribution in [0.15, 0.2) is 0 Å². The number of nitrogens with zero attached hydrogens (tertiary/aromatic N) is 1. The second-order valence-electron chi connectivity index (χ2n) is 6.62. The Morgan fingerprint density at radius 3 is 2.30 bits per heavy atom. The second-order valence-corrected chi connectivity index (χ2v) is 6.62. The maximum Gasteiger partial charge on any atom is 0.168 e. The minimum absolute atomic E-state index is 0.204. The fraction of sp³-hybridized carbons (Fsp3) is 1.00. The van der Waals surface area contributed by atoms with Crippen LogP contribution in [0.5, 0.6) is 0 Å². The molecule has 3 fully saturated rings. The van der Waals surface area contributed by atoms with E-state index in [1.54, 1.807) is 0 Å². The van der Waals surface area contributed by atoms with Crippen LogP contribution in [0, 0.1) is 5.92 Å². The quantitative estimate of drug-likeness (QED) is 0.855. The molecule has 2 saturated heterocycles. The van der Waals surface area contributed by atoms with Crippen LogP contribution in [0.2, 0.25) is 0 Å². The van der Waals surface area contributed by atoms with Gasteiger partial charge >= 0.3 is 0 Å². The second kappa shape index (κ2) is 6.73. The summed E-state index contributed by atoms with van der Waals surface area (Å²) < 4.78 is 11.7. The normalized spacial score (nSPS) is 28.5. The van der Waals surface area contributed by atoms with Gasteiger partial charge in [-0.2, -0.15) is 0 Å². The van der Waals surface area contributed by atoms with Gasteiger partial charge in [0.25, 0.3) is 0 Å². The van der Waals surface area contributed by atoms with Crippen LogP contribution < -0.4 is 5.32 Å². The van der Waals surface area contributed by atoms with Gasteiger partial charge in [-0.05, 0) is 51.2 Å². The zero-order valence-corrected chi connectivity index (χ0v) is 12.9. The third kappa shape index (κ3) is 3.35. The first-order valence-corrected chi connectivity index (χ1v) is 8.54. The first kappa shape index (κ1) is 14.8. The molecule has 0 bridgehead atoms. The molecule has 0 aromatic carbocycles. The first-order chi connectivity index (χ1) is 9.81. The molecule has 0 amide bonds. The molecule has 0 unspecified atom stereocenters. The van der Waals surface area contributed by atoms with Gasteiger partial charge in [0.1, 0.15) is 0 Å². The van der Waals surface area contributed by atoms with Crippen molar-refractivity contribution in [3.8, 4) is 0 Å². The third-order valence-electron chi connectivity index (χ3n) is 5.40. The highest BCUT2D eigenvalue weighted by Crippen LogP contribution is 2.37. The van der Waals surface area contributed by atoms with E-state index in [-0.39, 0.29) is 5.79 Å². The van der Waals surface area contributed by atoms with E-state index in [4.69, 9.17) is 9.47 Å². The molecule has 0 aromatic rings. The molecule has 0 radical (unpaired) electrons. The van der Waals surface area contributed by atoms with Crippen molar-refractivity contribution in [1.82, 2.24) is 10.2 Å². The average molecular weight is 282 g/mol. The summed E-state index contributed by atoms with van der Waals surface area (Å²) in [5, 5.41) is 3.47. The SMILES string of the molecule is CCN(CC1CCNCC1)C1CCC2(CC1)OCCO2. The van der Waals surface area contributed by atoms with Crippen molar-refractivity contribution in [2.24, 2.45) is 5.92 Å². The van der Waals surface area contributed by atoms with Gasteiger partial charge in [-0.3, -0.25) is 0 Å². The zero-order valence-electron chi connectivity index (χ0n) is 12.9. The van der Waals surface area contributed by atoms with Crippen LogP contribution in [-0.4, -0.2) is 56.1 Å². The number of nitrogens with one attached hydrogen (secondary N) is 1. The predicted molar refractivity (Wildman–Crippen MR) is 79.7 cm³/mol. The van der Waals surface area contributed by atoms with E-state index in [2.05, 4.69) is 17.1 Å². The van der Waals surface area contributed by atoms with Crippen molar-refractivity contribution < 1.29 is 9.47 Å². The van der Waals surface area contributed by atoms with E-state index in [9.17, 15) is 0 Å². The zero-order chi connectivity index (χ0) is 13.8. The summed E-state index contributed by atoms with van der Waals surface area (Å²) >= 11 is 0. The Bertz CT molecular complexity index is 289. The van der Waals surface area contributed by atoms with Crippen molar-refractivity contribution in [3.63, 3.8) is 0 Å². The standard InChI is InChI=1S/C16H30N2O2/c1-2-18(13-14-5-9-17-10-6-14)15-3-7-16(8-4-15)19-11-12-20-16/h14-15,17H,2-13H2,1H3. The van der Waals surface area contributed by atoms with Crippen LogP contribution in [-0.2, 0) is 9.47 Å². The highest BCUT2D eigenvalue weighted by atomic mass is 16.7. The summed E-state index contributed by atoms with van der Waals surface area (Å²) in [5.41, 5.74) is 0. The molecular formula is C16H30N2O2. The van der Waals surface area contributed by atoms with Gasteiger partial charge in [0.2, 0.25) is 0 Å². The van der Waals surface area contributed by atoms with E-state index in [1.165, 1.54) is 51.9 Å². The van der Waals surface area contributed by atoms with Crippen molar-refractivity contribution in [2.45, 2.75) is 57.3 Å². The Morgan fingerprint density at radius 1 is 1.05 bits per heavy atom. The van der Waals surface area contributed by atoms with Crippen molar-refractivity contribution in [1.29, 1.82) is 0 Å². The third-order valence-corrected chi connectivity index (χ3v) is 5.40. The van der Waals surface area contributed by atoms with Crippen LogP contribution in [0.1, 0.15) is 45.4 Å². The summed E-state index contributed by atoms with van der Waals surface area (Å²) in [6.07, 6.45) is 7.33. The predicted octanol–water partition coefficient (Wildman–Crippen LogP) is 1.99. The fourth-order valence-corrected chi connectivity index (χ4v) is 4.13. The summed E-state index contributed by atoms with van der Waals surface area (Å²) in [4.78, 5) is 2.72. The van der Waals surface area contributed by atoms with Crippen LogP contribution in [0.3, 0.4) is 0 Å². The van der Waals surface area contributed by atoms with Crippen LogP contribution in [0.4, 0.5) is 0 Å². The van der Waals surface area contributed by atoms with Gasteiger partial charge in [-0.1, -0.05) is 6.92 Å². The molecule has 1 N–H and O–H groups in total. The van der Waals surface area contributed by atoms with Gasteiger partial charge in [0.05, 0.1) is 13.2 Å². The Kier molecular flexibility index (Phi) is 4.97. The number of ether oxygens (including phenoxy) is 2. The number of piperidine rings is 1. The van der Waals surface area contributed by atoms with Gasteiger partial charge in [-0.15, -0.1) is 0 Å². The van der Waals surface area contributed by atoms with E-state index < -0.39 is 0 Å². The lowest BCUT2D eigenvalue weighted by Gasteiger charge is -2.41. The lowest BCUT2D eigenvalue weighted by molar-refractivity contribution is -0.184. The Balaban J connectivity index is 1.49. The molecule has 20 heavy (non-hydrogen) atoms. The summed E-state index contributed by atoms with van der Waals surface area (Å²) in [5.74, 6) is 0.691. The molecule has 0 aromatic heterocycles. The Hall–Kier alpha value is -0.160. The number of hydrogen-bond acceptors (Lipinski definition) is 4. The Labute approximate surface area is 123 Å². The molecule has 1 aliphatic carbocycles. The van der Waals surface area contributed by atoms with Crippen molar-refractivity contribution in [3.05, 3.63) is 0 Å². The highest BCUT2D eigenvalue weighted by Gasteiger charge is 2.41. The molecule has 116 valence electrons. The van der Waals surface area contributed by atoms with E-state index >= 15 is 0 Å². The minimum Gasteiger partial charge on any atom is -0.348 e. The molecule has 3 rings (SSSR count). The average Bonchev–Trinajstić information content (AvgIpc) is 2.95. The molecule has 4 nitrogen and oxygen atoms in total. The van der Waals surface area contributed by atoms with Crippen molar-refractivity contribution >= 4 is 0 Å². The lowest BCUT2D eigenvalue weighted by atomic mass is 9.88. The highest BCUT2D eigenvalue weighted by molar-refractivity contribution is 4.87. The van der Waals surface area contributed by atoms with Crippen LogP contribution >= 0.6 is 0 Å². The van der Waals surface area contributed by atoms with E-state index in [1.807, 2.05) is 0 Å². The maximum atomic E-state index is 5.84. The van der Waals surface area contributed by atoms with Crippen molar-refractivity contribution in [2.75, 3.05) is 39.4 Å². The monoisotopic (exact) mass is 282 g/mol. The van der Waals surface area contributed by atoms with Gasteiger partial charge in [0.15, 0.2) is 5.79 Å². The molecule has 2 heterocycles. The lowest BCUT2D eigenvalue weighted by Crippen LogP contribution is -2.46. The van der Waals surface area contributed by atoms with E-state index in [0.29, 0.717) is 0 Å². The molecule has 1 spiro atoms. The maximum absolute atomic E-state index is 5.84. The molecule has 2 aliphatic heterocycles. The fourth-order valence-electron chi connectivity index (χ4n) is 4.13. The topological polar surface area (TPSA) is 33.7 Å². The number of hydrogen-bond donors (Lipinski definition) is 1. The smallest absolute Gasteiger partial charge is 0.168 e. The van der Waals surface area contributed by atoms with E-state index in [0.717, 1.165) is 38.0 Å². The molecule has 3 aliphatic rings. The van der Waals surface area contributed by atoms with Gasteiger partial charge in [0, 0.05) is 25.4 Å². The van der Waals surface area contributed by atoms with Gasteiger partial charge in [-0.25, -0.2) is 0 Å². The molecule has 0 atom stereocenters. The largest absolute Gasteiger partial charge is 0.348 e. The Morgan fingerprint density at radius 2 is 1.70 bits per heavy atom. The molecular weight excluding hydrogens is 252 g/mol. The molecule has 4 heteroatoms. The summed E-state index contributed by atoms with van der Waals surface area (Å²) in [6, 6.07) is 0.744. The van der Waals surface area contributed by atoms with Gasteiger partial charge < -0.3 is 19.7 Å².